The van der Waals surface area contributed by atoms with E-state index in [-0.39, 0.29) is 29.6 Å². The van der Waals surface area contributed by atoms with E-state index in [1.807, 2.05) is 4.90 Å². The molecule has 0 aliphatic carbocycles. The van der Waals surface area contributed by atoms with Crippen LogP contribution in [0.2, 0.25) is 0 Å². The first-order chi connectivity index (χ1) is 13.6. The Morgan fingerprint density at radius 1 is 1.34 bits per heavy atom. The van der Waals surface area contributed by atoms with E-state index in [1.165, 1.54) is 6.07 Å². The number of aromatic amines is 1. The molecule has 1 aliphatic rings. The van der Waals surface area contributed by atoms with Crippen molar-refractivity contribution in [2.45, 2.75) is 36.8 Å². The zero-order valence-electron chi connectivity index (χ0n) is 15.4. The number of tetrazole rings is 1. The van der Waals surface area contributed by atoms with Crippen LogP contribution in [-0.2, 0) is 16.2 Å². The summed E-state index contributed by atoms with van der Waals surface area (Å²) in [6.07, 6.45) is -1.88. The summed E-state index contributed by atoms with van der Waals surface area (Å²) >= 11 is 0. The largest absolute Gasteiger partial charge is 0.417 e. The van der Waals surface area contributed by atoms with Gasteiger partial charge >= 0.3 is 6.18 Å². The number of nitrogens with zero attached hydrogens (tertiary/aromatic N) is 4. The number of hydrogen-bond donors (Lipinski definition) is 3. The molecule has 0 spiro atoms. The van der Waals surface area contributed by atoms with Crippen LogP contribution >= 0.6 is 0 Å². The average Bonchev–Trinajstić information content (AvgIpc) is 3.18. The third-order valence-corrected chi connectivity index (χ3v) is 5.92. The number of aliphatic hydroxyl groups excluding tert-OH is 1. The Bertz CT molecular complexity index is 950. The third kappa shape index (κ3) is 4.67. The van der Waals surface area contributed by atoms with Gasteiger partial charge in [0.1, 0.15) is 4.90 Å². The highest BCUT2D eigenvalue weighted by Gasteiger charge is 2.40. The van der Waals surface area contributed by atoms with Gasteiger partial charge in [0, 0.05) is 25.4 Å². The second kappa shape index (κ2) is 8.24. The van der Waals surface area contributed by atoms with Crippen molar-refractivity contribution < 1.29 is 26.7 Å². The van der Waals surface area contributed by atoms with Gasteiger partial charge in [-0.3, -0.25) is 0 Å². The topological polar surface area (TPSA) is 138 Å². The fourth-order valence-corrected chi connectivity index (χ4v) is 4.71. The fourth-order valence-electron chi connectivity index (χ4n) is 3.74. The van der Waals surface area contributed by atoms with Crippen LogP contribution in [0.4, 0.5) is 18.9 Å². The van der Waals surface area contributed by atoms with Gasteiger partial charge in [0.05, 0.1) is 11.1 Å². The Morgan fingerprint density at radius 2 is 2.10 bits per heavy atom. The minimum Gasteiger partial charge on any atom is -0.396 e. The zero-order chi connectivity index (χ0) is 21.2. The Balaban J connectivity index is 2.18. The molecule has 1 atom stereocenters. The van der Waals surface area contributed by atoms with Crippen LogP contribution in [0.3, 0.4) is 0 Å². The second-order valence-corrected chi connectivity index (χ2v) is 8.43. The number of benzene rings is 1. The Hall–Kier alpha value is -2.25. The SMILES string of the molecule is NS(=O)(=O)c1c(C(F)(F)F)ccc(N2CCCC(CCCO)C2)c1-c1nn[nH]n1. The van der Waals surface area contributed by atoms with Gasteiger partial charge in [-0.15, -0.1) is 10.2 Å². The predicted octanol–water partition coefficient (Wildman–Crippen LogP) is 1.52. The van der Waals surface area contributed by atoms with Gasteiger partial charge in [-0.2, -0.15) is 18.4 Å². The Morgan fingerprint density at radius 3 is 2.69 bits per heavy atom. The highest BCUT2D eigenvalue weighted by atomic mass is 32.2. The molecule has 1 fully saturated rings. The molecular formula is C16H21F3N6O3S. The third-order valence-electron chi connectivity index (χ3n) is 4.92. The minimum atomic E-state index is -4.94. The lowest BCUT2D eigenvalue weighted by Gasteiger charge is -2.36. The second-order valence-electron chi connectivity index (χ2n) is 6.93. The smallest absolute Gasteiger partial charge is 0.396 e. The number of aromatic nitrogens is 4. The van der Waals surface area contributed by atoms with Gasteiger partial charge in [0.2, 0.25) is 15.8 Å². The molecule has 2 heterocycles. The van der Waals surface area contributed by atoms with E-state index < -0.39 is 26.7 Å². The zero-order valence-corrected chi connectivity index (χ0v) is 16.2. The first kappa shape index (κ1) is 21.5. The van der Waals surface area contributed by atoms with Crippen LogP contribution in [0.1, 0.15) is 31.2 Å². The number of primary sulfonamides is 1. The van der Waals surface area contributed by atoms with Gasteiger partial charge < -0.3 is 10.0 Å². The quantitative estimate of drug-likeness (QED) is 0.627. The number of piperidine rings is 1. The number of halogens is 3. The molecule has 13 heteroatoms. The summed E-state index contributed by atoms with van der Waals surface area (Å²) in [5, 5.41) is 27.2. The first-order valence-electron chi connectivity index (χ1n) is 8.99. The maximum atomic E-state index is 13.6. The van der Waals surface area contributed by atoms with E-state index in [2.05, 4.69) is 20.6 Å². The molecule has 1 saturated heterocycles. The summed E-state index contributed by atoms with van der Waals surface area (Å²) in [6, 6.07) is 1.94. The van der Waals surface area contributed by atoms with Crippen molar-refractivity contribution in [3.63, 3.8) is 0 Å². The van der Waals surface area contributed by atoms with Gasteiger partial charge in [-0.25, -0.2) is 13.6 Å². The fraction of sp³-hybridized carbons (Fsp3) is 0.562. The van der Waals surface area contributed by atoms with Crippen LogP contribution in [0.25, 0.3) is 11.4 Å². The lowest BCUT2D eigenvalue weighted by molar-refractivity contribution is -0.139. The summed E-state index contributed by atoms with van der Waals surface area (Å²) in [5.41, 5.74) is -1.45. The average molecular weight is 434 g/mol. The van der Waals surface area contributed by atoms with Gasteiger partial charge in [-0.1, -0.05) is 0 Å². The summed E-state index contributed by atoms with van der Waals surface area (Å²) < 4.78 is 65.1. The number of alkyl halides is 3. The predicted molar refractivity (Wildman–Crippen MR) is 97.2 cm³/mol. The van der Waals surface area contributed by atoms with E-state index in [0.29, 0.717) is 19.5 Å². The van der Waals surface area contributed by atoms with Crippen molar-refractivity contribution in [3.05, 3.63) is 17.7 Å². The summed E-state index contributed by atoms with van der Waals surface area (Å²) in [7, 11) is -4.76. The van der Waals surface area contributed by atoms with Gasteiger partial charge in [0.25, 0.3) is 0 Å². The van der Waals surface area contributed by atoms with E-state index in [1.54, 1.807) is 0 Å². The molecule has 1 unspecified atom stereocenters. The van der Waals surface area contributed by atoms with Crippen LogP contribution in [0.15, 0.2) is 17.0 Å². The van der Waals surface area contributed by atoms with Crippen molar-refractivity contribution >= 4 is 15.7 Å². The Labute approximate surface area is 165 Å². The molecule has 0 amide bonds. The van der Waals surface area contributed by atoms with E-state index in [4.69, 9.17) is 10.2 Å². The molecule has 29 heavy (non-hydrogen) atoms. The normalized spacial score (nSPS) is 18.2. The molecule has 1 aliphatic heterocycles. The van der Waals surface area contributed by atoms with Crippen molar-refractivity contribution in [2.75, 3.05) is 24.6 Å². The molecular weight excluding hydrogens is 413 g/mol. The summed E-state index contributed by atoms with van der Waals surface area (Å²) in [4.78, 5) is 0.743. The van der Waals surface area contributed by atoms with Gasteiger partial charge in [0.15, 0.2) is 0 Å². The summed E-state index contributed by atoms with van der Waals surface area (Å²) in [6.45, 7) is 1.08. The van der Waals surface area contributed by atoms with Crippen molar-refractivity contribution in [2.24, 2.45) is 11.1 Å². The lowest BCUT2D eigenvalue weighted by atomic mass is 9.92. The Kier molecular flexibility index (Phi) is 6.10. The highest BCUT2D eigenvalue weighted by Crippen LogP contribution is 2.43. The number of hydrogen-bond acceptors (Lipinski definition) is 7. The molecule has 0 radical (unpaired) electrons. The molecule has 1 aromatic heterocycles. The number of anilines is 1. The highest BCUT2D eigenvalue weighted by molar-refractivity contribution is 7.89. The molecule has 0 bridgehead atoms. The number of nitrogens with two attached hydrogens (primary N) is 1. The van der Waals surface area contributed by atoms with Crippen LogP contribution in [-0.4, -0.2) is 53.8 Å². The molecule has 4 N–H and O–H groups in total. The van der Waals surface area contributed by atoms with E-state index in [0.717, 1.165) is 25.3 Å². The minimum absolute atomic E-state index is 0.0560. The molecule has 9 nitrogen and oxygen atoms in total. The number of rotatable bonds is 6. The molecule has 0 saturated carbocycles. The van der Waals surface area contributed by atoms with Crippen molar-refractivity contribution in [1.29, 1.82) is 0 Å². The standard InChI is InChI=1S/C16H21F3N6O3S/c17-16(18,19)11-5-6-12(25-7-1-3-10(9-25)4-2-8-26)13(14(11)29(20,27)28)15-21-23-24-22-15/h5-6,10,26H,1-4,7-9H2,(H2,20,27,28)(H,21,22,23,24). The van der Waals surface area contributed by atoms with Crippen molar-refractivity contribution in [3.8, 4) is 11.4 Å². The van der Waals surface area contributed by atoms with E-state index in [9.17, 15) is 21.6 Å². The molecule has 3 rings (SSSR count). The van der Waals surface area contributed by atoms with Crippen LogP contribution in [0.5, 0.6) is 0 Å². The number of aliphatic hydroxyl groups is 1. The number of sulfonamides is 1. The van der Waals surface area contributed by atoms with E-state index >= 15 is 0 Å². The molecule has 2 aromatic rings. The van der Waals surface area contributed by atoms with Crippen molar-refractivity contribution in [1.82, 2.24) is 20.6 Å². The van der Waals surface area contributed by atoms with Crippen LogP contribution in [0, 0.1) is 5.92 Å². The van der Waals surface area contributed by atoms with Crippen LogP contribution < -0.4 is 10.0 Å². The molecule has 1 aromatic carbocycles. The number of nitrogens with one attached hydrogen (secondary N) is 1. The maximum Gasteiger partial charge on any atom is 0.417 e. The molecule has 160 valence electrons. The monoisotopic (exact) mass is 434 g/mol. The summed E-state index contributed by atoms with van der Waals surface area (Å²) in [5.74, 6) is -0.0677. The van der Waals surface area contributed by atoms with Gasteiger partial charge in [-0.05, 0) is 48.9 Å². The lowest BCUT2D eigenvalue weighted by Crippen LogP contribution is -2.36. The first-order valence-corrected chi connectivity index (χ1v) is 10.5. The maximum absolute atomic E-state index is 13.6. The number of H-pyrrole nitrogens is 1.